The first-order valence-corrected chi connectivity index (χ1v) is 13.0. The molecule has 0 aliphatic heterocycles. The van der Waals surface area contributed by atoms with Gasteiger partial charge in [0.1, 0.15) is 39.0 Å². The van der Waals surface area contributed by atoms with Crippen LogP contribution in [0, 0.1) is 24.4 Å². The molecule has 0 aliphatic rings. The maximum atomic E-state index is 15.3. The molecule has 0 aliphatic carbocycles. The first-order valence-electron chi connectivity index (χ1n) is 9.78. The number of thiazole rings is 2. The zero-order valence-electron chi connectivity index (χ0n) is 17.6. The Bertz CT molecular complexity index is 1670. The maximum Gasteiger partial charge on any atom is 0.262 e. The topological polar surface area (TPSA) is 110 Å². The zero-order valence-corrected chi connectivity index (χ0v) is 20.0. The Morgan fingerprint density at radius 2 is 1.86 bits per heavy atom. The molecule has 5 rings (SSSR count). The lowest BCUT2D eigenvalue weighted by atomic mass is 10.2. The lowest BCUT2D eigenvalue weighted by molar-refractivity contribution is 0.585. The summed E-state index contributed by atoms with van der Waals surface area (Å²) in [6.07, 6.45) is 2.85. The molecule has 0 saturated heterocycles. The van der Waals surface area contributed by atoms with Gasteiger partial charge in [-0.2, -0.15) is 0 Å². The van der Waals surface area contributed by atoms with Crippen LogP contribution in [0.4, 0.5) is 30.4 Å². The molecule has 0 atom stereocenters. The SMILES string of the molecule is Cc1c(F)cccc1S(=O)(=O)Nc1ccc(F)c(Nc2ncnc3sc(-c4cncs4)nc23)c1F. The standard InChI is InChI=1S/C21H13F3N6O2S3/c1-10-11(22)3-2-4-15(10)35(31,32)30-13-6-5-12(23)17(16(13)24)28-19-18-21(27-8-26-19)34-20(29-18)14-7-25-9-33-14/h2-9,30H,1H3,(H,26,27,28). The van der Waals surface area contributed by atoms with E-state index in [0.717, 1.165) is 23.1 Å². The number of nitrogens with one attached hydrogen (secondary N) is 2. The van der Waals surface area contributed by atoms with Crippen molar-refractivity contribution in [1.29, 1.82) is 0 Å². The quantitative estimate of drug-likeness (QED) is 0.297. The van der Waals surface area contributed by atoms with Gasteiger partial charge >= 0.3 is 0 Å². The Morgan fingerprint density at radius 1 is 1.03 bits per heavy atom. The number of rotatable bonds is 6. The molecule has 178 valence electrons. The van der Waals surface area contributed by atoms with Gasteiger partial charge in [0.05, 0.1) is 21.0 Å². The molecule has 35 heavy (non-hydrogen) atoms. The van der Waals surface area contributed by atoms with Crippen LogP contribution in [0.2, 0.25) is 0 Å². The summed E-state index contributed by atoms with van der Waals surface area (Å²) in [4.78, 5) is 17.6. The van der Waals surface area contributed by atoms with Gasteiger partial charge in [0.25, 0.3) is 10.0 Å². The molecule has 0 unspecified atom stereocenters. The summed E-state index contributed by atoms with van der Waals surface area (Å²) in [5, 5.41) is 3.17. The summed E-state index contributed by atoms with van der Waals surface area (Å²) in [6.45, 7) is 1.28. The lowest BCUT2D eigenvalue weighted by Gasteiger charge is -2.14. The lowest BCUT2D eigenvalue weighted by Crippen LogP contribution is -2.16. The molecule has 8 nitrogen and oxygen atoms in total. The van der Waals surface area contributed by atoms with E-state index in [1.807, 2.05) is 0 Å². The van der Waals surface area contributed by atoms with Gasteiger partial charge in [0.2, 0.25) is 0 Å². The van der Waals surface area contributed by atoms with Gasteiger partial charge in [-0.3, -0.25) is 9.71 Å². The highest BCUT2D eigenvalue weighted by molar-refractivity contribution is 7.92. The van der Waals surface area contributed by atoms with Gasteiger partial charge in [-0.05, 0) is 31.2 Å². The Morgan fingerprint density at radius 3 is 2.63 bits per heavy atom. The number of sulfonamides is 1. The molecular formula is C21H13F3N6O2S3. The molecule has 0 spiro atoms. The Balaban J connectivity index is 1.52. The van der Waals surface area contributed by atoms with Crippen molar-refractivity contribution in [3.63, 3.8) is 0 Å². The van der Waals surface area contributed by atoms with Crippen LogP contribution in [0.3, 0.4) is 0 Å². The third kappa shape index (κ3) is 4.31. The summed E-state index contributed by atoms with van der Waals surface area (Å²) >= 11 is 2.63. The fraction of sp³-hybridized carbons (Fsp3) is 0.0476. The summed E-state index contributed by atoms with van der Waals surface area (Å²) in [5.41, 5.74) is 0.611. The highest BCUT2D eigenvalue weighted by atomic mass is 32.2. The van der Waals surface area contributed by atoms with Gasteiger partial charge in [-0.25, -0.2) is 36.5 Å². The normalized spacial score (nSPS) is 11.7. The van der Waals surface area contributed by atoms with Crippen LogP contribution in [0.25, 0.3) is 20.2 Å². The second-order valence-electron chi connectivity index (χ2n) is 7.14. The van der Waals surface area contributed by atoms with E-state index in [-0.39, 0.29) is 21.8 Å². The minimum Gasteiger partial charge on any atom is -0.333 e. The molecule has 2 N–H and O–H groups in total. The van der Waals surface area contributed by atoms with Crippen molar-refractivity contribution in [2.75, 3.05) is 10.0 Å². The van der Waals surface area contributed by atoms with Gasteiger partial charge < -0.3 is 5.32 Å². The van der Waals surface area contributed by atoms with Crippen molar-refractivity contribution in [3.8, 4) is 9.88 Å². The molecule has 5 aromatic rings. The number of hydrogen-bond donors (Lipinski definition) is 2. The molecule has 0 bridgehead atoms. The van der Waals surface area contributed by atoms with Crippen LogP contribution in [-0.2, 0) is 10.0 Å². The Kier molecular flexibility index (Phi) is 5.86. The fourth-order valence-corrected chi connectivity index (χ4v) is 6.12. The predicted octanol–water partition coefficient (Wildman–Crippen LogP) is 5.48. The number of hydrogen-bond acceptors (Lipinski definition) is 9. The summed E-state index contributed by atoms with van der Waals surface area (Å²) in [7, 11) is -4.37. The van der Waals surface area contributed by atoms with Gasteiger partial charge in [0.15, 0.2) is 11.6 Å². The smallest absolute Gasteiger partial charge is 0.262 e. The van der Waals surface area contributed by atoms with Crippen molar-refractivity contribution < 1.29 is 21.6 Å². The van der Waals surface area contributed by atoms with Gasteiger partial charge in [-0.1, -0.05) is 17.4 Å². The van der Waals surface area contributed by atoms with Crippen LogP contribution in [0.5, 0.6) is 0 Å². The van der Waals surface area contributed by atoms with Crippen LogP contribution >= 0.6 is 22.7 Å². The summed E-state index contributed by atoms with van der Waals surface area (Å²) < 4.78 is 71.4. The number of halogens is 3. The molecule has 2 aromatic carbocycles. The zero-order chi connectivity index (χ0) is 24.7. The molecule has 0 saturated carbocycles. The average molecular weight is 535 g/mol. The Labute approximate surface area is 204 Å². The van der Waals surface area contributed by atoms with Crippen LogP contribution in [0.15, 0.2) is 53.3 Å². The first kappa shape index (κ1) is 23.1. The fourth-order valence-electron chi connectivity index (χ4n) is 3.22. The summed E-state index contributed by atoms with van der Waals surface area (Å²) in [6, 6.07) is 5.34. The highest BCUT2D eigenvalue weighted by Crippen LogP contribution is 2.36. The van der Waals surface area contributed by atoms with E-state index < -0.39 is 38.8 Å². The minimum absolute atomic E-state index is 0.0285. The van der Waals surface area contributed by atoms with E-state index in [1.54, 1.807) is 11.7 Å². The van der Waals surface area contributed by atoms with E-state index in [0.29, 0.717) is 9.84 Å². The largest absolute Gasteiger partial charge is 0.333 e. The van der Waals surface area contributed by atoms with Crippen molar-refractivity contribution >= 4 is 60.2 Å². The second kappa shape index (κ2) is 8.87. The van der Waals surface area contributed by atoms with Crippen molar-refractivity contribution in [3.05, 3.63) is 71.4 Å². The summed E-state index contributed by atoms with van der Waals surface area (Å²) in [5.74, 6) is -2.91. The van der Waals surface area contributed by atoms with Crippen LogP contribution in [0.1, 0.15) is 5.56 Å². The monoisotopic (exact) mass is 534 g/mol. The van der Waals surface area contributed by atoms with Crippen molar-refractivity contribution in [1.82, 2.24) is 19.9 Å². The Hall–Kier alpha value is -3.62. The van der Waals surface area contributed by atoms with E-state index in [9.17, 15) is 17.2 Å². The van der Waals surface area contributed by atoms with Gasteiger partial charge in [0, 0.05) is 11.8 Å². The van der Waals surface area contributed by atoms with E-state index in [1.165, 1.54) is 48.1 Å². The molecule has 14 heteroatoms. The van der Waals surface area contributed by atoms with Gasteiger partial charge in [-0.15, -0.1) is 11.3 Å². The number of benzene rings is 2. The van der Waals surface area contributed by atoms with Crippen LogP contribution < -0.4 is 10.0 Å². The predicted molar refractivity (Wildman–Crippen MR) is 128 cm³/mol. The molecule has 3 aromatic heterocycles. The number of nitrogens with zero attached hydrogens (tertiary/aromatic N) is 4. The van der Waals surface area contributed by atoms with E-state index in [2.05, 4.69) is 30.0 Å². The average Bonchev–Trinajstić information content (AvgIpc) is 3.50. The molecule has 0 amide bonds. The van der Waals surface area contributed by atoms with E-state index in [4.69, 9.17) is 0 Å². The number of fused-ring (bicyclic) bond motifs is 1. The third-order valence-corrected chi connectivity index (χ3v) is 8.34. The second-order valence-corrected chi connectivity index (χ2v) is 10.7. The number of aromatic nitrogens is 4. The molecule has 0 fully saturated rings. The minimum atomic E-state index is -4.37. The first-order chi connectivity index (χ1) is 16.7. The maximum absolute atomic E-state index is 15.3. The number of anilines is 3. The molecular weight excluding hydrogens is 521 g/mol. The molecule has 0 radical (unpaired) electrons. The van der Waals surface area contributed by atoms with Crippen LogP contribution in [-0.4, -0.2) is 28.4 Å². The van der Waals surface area contributed by atoms with Crippen molar-refractivity contribution in [2.45, 2.75) is 11.8 Å². The highest BCUT2D eigenvalue weighted by Gasteiger charge is 2.23. The van der Waals surface area contributed by atoms with Crippen molar-refractivity contribution in [2.24, 2.45) is 0 Å². The van der Waals surface area contributed by atoms with E-state index >= 15 is 4.39 Å². The third-order valence-electron chi connectivity index (χ3n) is 4.92. The molecule has 3 heterocycles.